The predicted molar refractivity (Wildman–Crippen MR) is 163 cm³/mol. The Morgan fingerprint density at radius 3 is 2.45 bits per heavy atom. The molecule has 9 heteroatoms. The Balaban J connectivity index is 1.53. The lowest BCUT2D eigenvalue weighted by molar-refractivity contribution is -0.384. The lowest BCUT2D eigenvalue weighted by Crippen LogP contribution is -2.20. The van der Waals surface area contributed by atoms with Crippen LogP contribution >= 0.6 is 0 Å². The van der Waals surface area contributed by atoms with Crippen molar-refractivity contribution in [3.05, 3.63) is 141 Å². The zero-order chi connectivity index (χ0) is 29.5. The molecule has 0 atom stereocenters. The number of para-hydroxylation sites is 1. The maximum Gasteiger partial charge on any atom is 0.282 e. The number of nitro benzene ring substituents is 1. The van der Waals surface area contributed by atoms with Crippen LogP contribution in [0.25, 0.3) is 22.3 Å². The fourth-order valence-electron chi connectivity index (χ4n) is 4.49. The molecule has 1 aromatic heterocycles. The summed E-state index contributed by atoms with van der Waals surface area (Å²) < 4.78 is 13.4. The van der Waals surface area contributed by atoms with Crippen LogP contribution in [-0.4, -0.2) is 27.4 Å². The van der Waals surface area contributed by atoms with Crippen LogP contribution in [0.1, 0.15) is 23.6 Å². The zero-order valence-corrected chi connectivity index (χ0v) is 23.0. The van der Waals surface area contributed by atoms with Gasteiger partial charge in [0.2, 0.25) is 0 Å². The Morgan fingerprint density at radius 2 is 1.74 bits per heavy atom. The first-order chi connectivity index (χ1) is 20.5. The number of aromatic nitrogens is 2. The molecule has 0 saturated heterocycles. The van der Waals surface area contributed by atoms with Crippen LogP contribution in [0, 0.1) is 10.1 Å². The predicted octanol–water partition coefficient (Wildman–Crippen LogP) is 6.56. The SMILES string of the molecule is C=CCc1cc(C=Nn2c(-c3ccccc3)nc3ccccc3c2=O)cc(OCC)c1OCc1ccc([N+](=O)[O-])cc1. The van der Waals surface area contributed by atoms with Gasteiger partial charge in [0.05, 0.1) is 28.6 Å². The fourth-order valence-corrected chi connectivity index (χ4v) is 4.49. The molecule has 0 spiro atoms. The van der Waals surface area contributed by atoms with Gasteiger partial charge in [-0.15, -0.1) is 6.58 Å². The van der Waals surface area contributed by atoms with Crippen molar-refractivity contribution in [3.63, 3.8) is 0 Å². The molecular formula is C33H28N4O5. The highest BCUT2D eigenvalue weighted by Gasteiger charge is 2.15. The molecule has 210 valence electrons. The lowest BCUT2D eigenvalue weighted by Gasteiger charge is -2.17. The van der Waals surface area contributed by atoms with Crippen LogP contribution in [0.5, 0.6) is 11.5 Å². The molecule has 0 aliphatic heterocycles. The Bertz CT molecular complexity index is 1830. The molecule has 4 aromatic carbocycles. The van der Waals surface area contributed by atoms with Gasteiger partial charge in [0.1, 0.15) is 6.61 Å². The van der Waals surface area contributed by atoms with E-state index >= 15 is 0 Å². The van der Waals surface area contributed by atoms with E-state index in [0.717, 1.165) is 16.7 Å². The molecule has 0 aliphatic rings. The van der Waals surface area contributed by atoms with Gasteiger partial charge in [0.25, 0.3) is 11.2 Å². The van der Waals surface area contributed by atoms with Gasteiger partial charge in [-0.3, -0.25) is 14.9 Å². The first-order valence-corrected chi connectivity index (χ1v) is 13.4. The second-order valence-corrected chi connectivity index (χ2v) is 9.33. The molecule has 1 heterocycles. The molecule has 0 bridgehead atoms. The number of allylic oxidation sites excluding steroid dienone is 1. The third-order valence-electron chi connectivity index (χ3n) is 6.46. The number of benzene rings is 4. The second kappa shape index (κ2) is 12.7. The summed E-state index contributed by atoms with van der Waals surface area (Å²) in [6.45, 7) is 6.34. The van der Waals surface area contributed by atoms with E-state index in [1.54, 1.807) is 42.6 Å². The van der Waals surface area contributed by atoms with Gasteiger partial charge in [-0.25, -0.2) is 4.98 Å². The van der Waals surface area contributed by atoms with E-state index in [0.29, 0.717) is 46.8 Å². The molecule has 0 N–H and O–H groups in total. The number of nitro groups is 1. The Kier molecular flexibility index (Phi) is 8.48. The number of hydrogen-bond donors (Lipinski definition) is 0. The number of ether oxygens (including phenoxy) is 2. The molecule has 0 aliphatic carbocycles. The van der Waals surface area contributed by atoms with Gasteiger partial charge in [0.15, 0.2) is 17.3 Å². The van der Waals surface area contributed by atoms with Gasteiger partial charge in [-0.2, -0.15) is 9.78 Å². The highest BCUT2D eigenvalue weighted by atomic mass is 16.6. The monoisotopic (exact) mass is 560 g/mol. The number of rotatable bonds is 11. The topological polar surface area (TPSA) is 109 Å². The van der Waals surface area contributed by atoms with Crippen LogP contribution in [0.3, 0.4) is 0 Å². The van der Waals surface area contributed by atoms with Gasteiger partial charge >= 0.3 is 0 Å². The Morgan fingerprint density at radius 1 is 1.00 bits per heavy atom. The number of hydrogen-bond acceptors (Lipinski definition) is 7. The van der Waals surface area contributed by atoms with Crippen LogP contribution in [0.15, 0.2) is 114 Å². The Hall–Kier alpha value is -5.57. The molecule has 0 amide bonds. The van der Waals surface area contributed by atoms with E-state index in [1.165, 1.54) is 16.8 Å². The maximum absolute atomic E-state index is 13.5. The first kappa shape index (κ1) is 28.0. The number of non-ortho nitro benzene ring substituents is 1. The number of nitrogens with zero attached hydrogens (tertiary/aromatic N) is 4. The van der Waals surface area contributed by atoms with E-state index < -0.39 is 4.92 Å². The largest absolute Gasteiger partial charge is 0.490 e. The standard InChI is InChI=1S/C33H28N4O5/c1-3-10-26-19-24(20-30(41-4-2)31(26)42-22-23-15-17-27(18-16-23)37(39)40)21-34-36-32(25-11-6-5-7-12-25)35-29-14-9-8-13-28(29)33(36)38/h3,5-9,11-21H,1,4,10,22H2,2H3. The molecule has 42 heavy (non-hydrogen) atoms. The van der Waals surface area contributed by atoms with Crippen molar-refractivity contribution in [3.8, 4) is 22.9 Å². The fraction of sp³-hybridized carbons (Fsp3) is 0.121. The zero-order valence-electron chi connectivity index (χ0n) is 23.0. The lowest BCUT2D eigenvalue weighted by atomic mass is 10.1. The average Bonchev–Trinajstić information content (AvgIpc) is 3.01. The summed E-state index contributed by atoms with van der Waals surface area (Å²) >= 11 is 0. The summed E-state index contributed by atoms with van der Waals surface area (Å²) in [6.07, 6.45) is 3.85. The van der Waals surface area contributed by atoms with Crippen LogP contribution in [-0.2, 0) is 13.0 Å². The minimum absolute atomic E-state index is 0.0147. The second-order valence-electron chi connectivity index (χ2n) is 9.33. The van der Waals surface area contributed by atoms with Gasteiger partial charge < -0.3 is 9.47 Å². The van der Waals surface area contributed by atoms with Crippen molar-refractivity contribution in [1.29, 1.82) is 0 Å². The summed E-state index contributed by atoms with van der Waals surface area (Å²) in [4.78, 5) is 28.8. The molecule has 9 nitrogen and oxygen atoms in total. The van der Waals surface area contributed by atoms with Crippen molar-refractivity contribution in [2.24, 2.45) is 5.10 Å². The summed E-state index contributed by atoms with van der Waals surface area (Å²) in [5.41, 5.74) is 3.36. The van der Waals surface area contributed by atoms with E-state index in [2.05, 4.69) is 11.7 Å². The van der Waals surface area contributed by atoms with Crippen molar-refractivity contribution in [2.45, 2.75) is 20.0 Å². The summed E-state index contributed by atoms with van der Waals surface area (Å²) in [6, 6.07) is 26.5. The van der Waals surface area contributed by atoms with Crippen molar-refractivity contribution in [1.82, 2.24) is 9.66 Å². The highest BCUT2D eigenvalue weighted by molar-refractivity contribution is 5.83. The maximum atomic E-state index is 13.5. The normalized spacial score (nSPS) is 11.1. The summed E-state index contributed by atoms with van der Waals surface area (Å²) in [5, 5.41) is 16.0. The molecule has 0 unspecified atom stereocenters. The third-order valence-corrected chi connectivity index (χ3v) is 6.46. The minimum atomic E-state index is -0.439. The van der Waals surface area contributed by atoms with Crippen LogP contribution < -0.4 is 15.0 Å². The third kappa shape index (κ3) is 6.10. The van der Waals surface area contributed by atoms with E-state index in [1.807, 2.05) is 55.5 Å². The molecule has 5 aromatic rings. The van der Waals surface area contributed by atoms with Crippen molar-refractivity contribution in [2.75, 3.05) is 6.61 Å². The molecule has 0 radical (unpaired) electrons. The average molecular weight is 561 g/mol. The van der Waals surface area contributed by atoms with Crippen molar-refractivity contribution < 1.29 is 14.4 Å². The van der Waals surface area contributed by atoms with E-state index in [9.17, 15) is 14.9 Å². The van der Waals surface area contributed by atoms with E-state index in [-0.39, 0.29) is 17.9 Å². The van der Waals surface area contributed by atoms with Gasteiger partial charge in [0, 0.05) is 23.3 Å². The number of fused-ring (bicyclic) bond motifs is 1. The molecule has 5 rings (SSSR count). The smallest absolute Gasteiger partial charge is 0.282 e. The Labute approximate surface area is 242 Å². The summed E-state index contributed by atoms with van der Waals surface area (Å²) in [5.74, 6) is 1.48. The summed E-state index contributed by atoms with van der Waals surface area (Å²) in [7, 11) is 0. The molecule has 0 saturated carbocycles. The van der Waals surface area contributed by atoms with Crippen LogP contribution in [0.4, 0.5) is 5.69 Å². The minimum Gasteiger partial charge on any atom is -0.490 e. The first-order valence-electron chi connectivity index (χ1n) is 13.4. The van der Waals surface area contributed by atoms with E-state index in [4.69, 9.17) is 14.5 Å². The van der Waals surface area contributed by atoms with Gasteiger partial charge in [-0.1, -0.05) is 48.5 Å². The highest BCUT2D eigenvalue weighted by Crippen LogP contribution is 2.34. The quantitative estimate of drug-likeness (QED) is 0.0783. The van der Waals surface area contributed by atoms with Crippen molar-refractivity contribution >= 4 is 22.8 Å². The molecule has 0 fully saturated rings. The molecular weight excluding hydrogens is 532 g/mol. The van der Waals surface area contributed by atoms with Crippen LogP contribution in [0.2, 0.25) is 0 Å². The van der Waals surface area contributed by atoms with Gasteiger partial charge in [-0.05, 0) is 60.9 Å².